The number of rotatable bonds is 6. The maximum atomic E-state index is 13.7. The molecule has 1 saturated heterocycles. The van der Waals surface area contributed by atoms with E-state index in [1.54, 1.807) is 41.4 Å². The van der Waals surface area contributed by atoms with Crippen molar-refractivity contribution in [1.29, 1.82) is 0 Å². The lowest BCUT2D eigenvalue weighted by atomic mass is 9.91. The van der Waals surface area contributed by atoms with Gasteiger partial charge in [0, 0.05) is 61.8 Å². The Morgan fingerprint density at radius 2 is 1.66 bits per heavy atom. The first-order chi connectivity index (χ1) is 19.9. The summed E-state index contributed by atoms with van der Waals surface area (Å²) in [6.07, 6.45) is 7.21. The average Bonchev–Trinajstić information content (AvgIpc) is 3.25. The van der Waals surface area contributed by atoms with Gasteiger partial charge in [0.15, 0.2) is 0 Å². The van der Waals surface area contributed by atoms with Crippen LogP contribution < -0.4 is 21.3 Å². The summed E-state index contributed by atoms with van der Waals surface area (Å²) in [6.45, 7) is 2.09. The first kappa shape index (κ1) is 28.2. The summed E-state index contributed by atoms with van der Waals surface area (Å²) in [5.74, 6) is -1.20. The van der Waals surface area contributed by atoms with Crippen LogP contribution in [0.1, 0.15) is 63.2 Å². The van der Waals surface area contributed by atoms with Crippen LogP contribution in [0.2, 0.25) is 0 Å². The summed E-state index contributed by atoms with van der Waals surface area (Å²) < 4.78 is 13.7. The molecule has 41 heavy (non-hydrogen) atoms. The van der Waals surface area contributed by atoms with Crippen molar-refractivity contribution in [2.45, 2.75) is 44.2 Å². The second kappa shape index (κ2) is 12.9. The van der Waals surface area contributed by atoms with E-state index in [-0.39, 0.29) is 29.8 Å². The van der Waals surface area contributed by atoms with Gasteiger partial charge in [0.25, 0.3) is 17.7 Å². The lowest BCUT2D eigenvalue weighted by Crippen LogP contribution is -2.40. The third-order valence-corrected chi connectivity index (χ3v) is 7.73. The highest BCUT2D eigenvalue weighted by Crippen LogP contribution is 2.30. The number of carbonyl (C=O) groups is 3. The molecule has 3 aromatic rings. The molecule has 1 saturated carbocycles. The van der Waals surface area contributed by atoms with Crippen LogP contribution in [0, 0.1) is 5.82 Å². The highest BCUT2D eigenvalue weighted by Gasteiger charge is 2.25. The smallest absolute Gasteiger partial charge is 0.257 e. The second-order valence-corrected chi connectivity index (χ2v) is 10.7. The topological polar surface area (TPSA) is 121 Å². The molecule has 9 nitrogen and oxygen atoms in total. The van der Waals surface area contributed by atoms with E-state index in [2.05, 4.69) is 20.5 Å². The molecule has 2 aliphatic rings. The van der Waals surface area contributed by atoms with Crippen LogP contribution in [-0.2, 0) is 0 Å². The SMILES string of the molecule is NC1CCC(NC(=O)c2ccc(N3CCCN(C(=O)c4cccc(F)c4)CC3)c(NC(=O)c3cccnc3)c2)CC1. The fourth-order valence-corrected chi connectivity index (χ4v) is 5.44. The maximum absolute atomic E-state index is 13.7. The van der Waals surface area contributed by atoms with Gasteiger partial charge in [-0.1, -0.05) is 6.07 Å². The van der Waals surface area contributed by atoms with E-state index in [4.69, 9.17) is 5.73 Å². The summed E-state index contributed by atoms with van der Waals surface area (Å²) >= 11 is 0. The molecular formula is C31H35FN6O3. The molecule has 3 amide bonds. The number of nitrogens with one attached hydrogen (secondary N) is 2. The number of anilines is 2. The Bertz CT molecular complexity index is 1390. The summed E-state index contributed by atoms with van der Waals surface area (Å²) in [5.41, 5.74) is 8.43. The number of aromatic nitrogens is 1. The van der Waals surface area contributed by atoms with Crippen LogP contribution in [0.5, 0.6) is 0 Å². The summed E-state index contributed by atoms with van der Waals surface area (Å²) in [7, 11) is 0. The Kier molecular flexibility index (Phi) is 8.88. The highest BCUT2D eigenvalue weighted by molar-refractivity contribution is 6.07. The molecule has 1 aliphatic heterocycles. The van der Waals surface area contributed by atoms with Crippen molar-refractivity contribution >= 4 is 29.1 Å². The van der Waals surface area contributed by atoms with Gasteiger partial charge in [-0.15, -0.1) is 0 Å². The summed E-state index contributed by atoms with van der Waals surface area (Å²) in [4.78, 5) is 47.2. The largest absolute Gasteiger partial charge is 0.368 e. The zero-order valence-electron chi connectivity index (χ0n) is 22.9. The minimum absolute atomic E-state index is 0.0719. The third kappa shape index (κ3) is 7.07. The lowest BCUT2D eigenvalue weighted by Gasteiger charge is -2.28. The van der Waals surface area contributed by atoms with E-state index in [1.807, 2.05) is 6.07 Å². The third-order valence-electron chi connectivity index (χ3n) is 7.73. The monoisotopic (exact) mass is 558 g/mol. The van der Waals surface area contributed by atoms with Gasteiger partial charge in [0.05, 0.1) is 16.9 Å². The van der Waals surface area contributed by atoms with Crippen molar-refractivity contribution in [2.24, 2.45) is 5.73 Å². The number of halogens is 1. The number of nitrogens with zero attached hydrogens (tertiary/aromatic N) is 3. The number of hydrogen-bond donors (Lipinski definition) is 3. The number of benzene rings is 2. The molecule has 1 aromatic heterocycles. The van der Waals surface area contributed by atoms with Gasteiger partial charge in [-0.25, -0.2) is 4.39 Å². The molecule has 0 atom stereocenters. The fraction of sp³-hybridized carbons (Fsp3) is 0.355. The molecule has 4 N–H and O–H groups in total. The van der Waals surface area contributed by atoms with Gasteiger partial charge >= 0.3 is 0 Å². The quantitative estimate of drug-likeness (QED) is 0.423. The van der Waals surface area contributed by atoms with Crippen LogP contribution >= 0.6 is 0 Å². The van der Waals surface area contributed by atoms with Crippen LogP contribution in [0.15, 0.2) is 67.0 Å². The van der Waals surface area contributed by atoms with E-state index in [1.165, 1.54) is 24.4 Å². The van der Waals surface area contributed by atoms with Crippen molar-refractivity contribution < 1.29 is 18.8 Å². The molecule has 2 aromatic carbocycles. The molecule has 1 aliphatic carbocycles. The van der Waals surface area contributed by atoms with Gasteiger partial charge in [-0.2, -0.15) is 0 Å². The van der Waals surface area contributed by atoms with Crippen molar-refractivity contribution in [2.75, 3.05) is 36.4 Å². The van der Waals surface area contributed by atoms with Gasteiger partial charge in [0.1, 0.15) is 5.82 Å². The van der Waals surface area contributed by atoms with Crippen LogP contribution in [0.4, 0.5) is 15.8 Å². The molecule has 0 spiro atoms. The molecular weight excluding hydrogens is 523 g/mol. The average molecular weight is 559 g/mol. The molecule has 2 fully saturated rings. The van der Waals surface area contributed by atoms with E-state index in [0.29, 0.717) is 55.0 Å². The molecule has 0 bridgehead atoms. The number of carbonyl (C=O) groups excluding carboxylic acids is 3. The number of amides is 3. The zero-order valence-corrected chi connectivity index (χ0v) is 22.9. The standard InChI is InChI=1S/C31H35FN6O3/c32-24-6-1-4-22(18-24)31(41)38-15-3-14-37(16-17-38)28-12-7-21(29(39)35-26-10-8-25(33)9-11-26)19-27(28)36-30(40)23-5-2-13-34-20-23/h1-2,4-7,12-13,18-20,25-26H,3,8-11,14-17,33H2,(H,35,39)(H,36,40). The first-order valence-electron chi connectivity index (χ1n) is 14.1. The van der Waals surface area contributed by atoms with Crippen molar-refractivity contribution in [1.82, 2.24) is 15.2 Å². The van der Waals surface area contributed by atoms with Gasteiger partial charge in [-0.3, -0.25) is 19.4 Å². The maximum Gasteiger partial charge on any atom is 0.257 e. The van der Waals surface area contributed by atoms with Crippen molar-refractivity contribution in [3.05, 3.63) is 89.5 Å². The van der Waals surface area contributed by atoms with Crippen LogP contribution in [-0.4, -0.2) is 65.9 Å². The zero-order chi connectivity index (χ0) is 28.8. The Labute approximate surface area is 238 Å². The van der Waals surface area contributed by atoms with E-state index >= 15 is 0 Å². The van der Waals surface area contributed by atoms with E-state index in [0.717, 1.165) is 31.4 Å². The Balaban J connectivity index is 1.35. The van der Waals surface area contributed by atoms with Crippen LogP contribution in [0.25, 0.3) is 0 Å². The molecule has 10 heteroatoms. The summed E-state index contributed by atoms with van der Waals surface area (Å²) in [5, 5.41) is 6.09. The predicted molar refractivity (Wildman–Crippen MR) is 155 cm³/mol. The number of pyridine rings is 1. The minimum Gasteiger partial charge on any atom is -0.368 e. The van der Waals surface area contributed by atoms with Crippen LogP contribution in [0.3, 0.4) is 0 Å². The molecule has 0 unspecified atom stereocenters. The molecule has 2 heterocycles. The highest BCUT2D eigenvalue weighted by atomic mass is 19.1. The van der Waals surface area contributed by atoms with Gasteiger partial charge < -0.3 is 26.2 Å². The van der Waals surface area contributed by atoms with E-state index in [9.17, 15) is 18.8 Å². The normalized spacial score (nSPS) is 19.3. The van der Waals surface area contributed by atoms with Gasteiger partial charge in [-0.05, 0) is 80.6 Å². The molecule has 0 radical (unpaired) electrons. The Morgan fingerprint density at radius 1 is 0.854 bits per heavy atom. The first-order valence-corrected chi connectivity index (χ1v) is 14.1. The van der Waals surface area contributed by atoms with Crippen molar-refractivity contribution in [3.8, 4) is 0 Å². The van der Waals surface area contributed by atoms with E-state index < -0.39 is 5.82 Å². The molecule has 214 valence electrons. The Morgan fingerprint density at radius 3 is 2.41 bits per heavy atom. The van der Waals surface area contributed by atoms with Gasteiger partial charge in [0.2, 0.25) is 0 Å². The lowest BCUT2D eigenvalue weighted by molar-refractivity contribution is 0.0766. The van der Waals surface area contributed by atoms with Crippen molar-refractivity contribution in [3.63, 3.8) is 0 Å². The Hall–Kier alpha value is -4.31. The summed E-state index contributed by atoms with van der Waals surface area (Å²) in [6, 6.07) is 14.6. The molecule has 5 rings (SSSR count). The second-order valence-electron chi connectivity index (χ2n) is 10.7. The number of hydrogen-bond acceptors (Lipinski definition) is 6. The fourth-order valence-electron chi connectivity index (χ4n) is 5.44. The predicted octanol–water partition coefficient (Wildman–Crippen LogP) is 3.83. The minimum atomic E-state index is -0.447. The number of nitrogens with two attached hydrogens (primary N) is 1.